The molecular formula is C7H7ClFN. The van der Waals surface area contributed by atoms with E-state index in [1.165, 1.54) is 0 Å². The highest BCUT2D eigenvalue weighted by atomic mass is 35.5. The number of nitrogens with zero attached hydrogens (tertiary/aromatic N) is 1. The molecule has 10 heavy (non-hydrogen) atoms. The summed E-state index contributed by atoms with van der Waals surface area (Å²) in [6.07, 6.45) is 0. The van der Waals surface area contributed by atoms with Gasteiger partial charge < -0.3 is 0 Å². The summed E-state index contributed by atoms with van der Waals surface area (Å²) in [6.45, 7) is 1.74. The second kappa shape index (κ2) is 2.97. The van der Waals surface area contributed by atoms with E-state index in [0.29, 0.717) is 11.3 Å². The standard InChI is InChI=1S/C7H7ClFN/c1-5-2-3-6(4-8)7(9)10-5/h2-3H,4H2,1H3. The Morgan fingerprint density at radius 1 is 1.60 bits per heavy atom. The highest BCUT2D eigenvalue weighted by Crippen LogP contribution is 2.07. The summed E-state index contributed by atoms with van der Waals surface area (Å²) in [5.74, 6) is -0.283. The fourth-order valence-corrected chi connectivity index (χ4v) is 0.853. The van der Waals surface area contributed by atoms with Gasteiger partial charge in [-0.1, -0.05) is 6.07 Å². The van der Waals surface area contributed by atoms with Crippen LogP contribution in [0.25, 0.3) is 0 Å². The van der Waals surface area contributed by atoms with Gasteiger partial charge in [-0.05, 0) is 13.0 Å². The molecule has 1 nitrogen and oxygen atoms in total. The van der Waals surface area contributed by atoms with Crippen LogP contribution in [0.4, 0.5) is 4.39 Å². The minimum absolute atomic E-state index is 0.180. The second-order valence-electron chi connectivity index (χ2n) is 2.04. The van der Waals surface area contributed by atoms with Gasteiger partial charge in [0.15, 0.2) is 0 Å². The Balaban J connectivity index is 3.07. The molecule has 1 aromatic heterocycles. The highest BCUT2D eigenvalue weighted by molar-refractivity contribution is 6.17. The topological polar surface area (TPSA) is 12.9 Å². The summed E-state index contributed by atoms with van der Waals surface area (Å²) >= 11 is 5.40. The van der Waals surface area contributed by atoms with Crippen LogP contribution in [0.3, 0.4) is 0 Å². The maximum Gasteiger partial charge on any atom is 0.217 e. The Hall–Kier alpha value is -0.630. The van der Waals surface area contributed by atoms with Crippen LogP contribution in [0.5, 0.6) is 0 Å². The van der Waals surface area contributed by atoms with Gasteiger partial charge in [-0.2, -0.15) is 4.39 Å². The minimum Gasteiger partial charge on any atom is -0.225 e. The Bertz CT molecular complexity index is 237. The number of rotatable bonds is 1. The largest absolute Gasteiger partial charge is 0.225 e. The quantitative estimate of drug-likeness (QED) is 0.453. The Morgan fingerprint density at radius 2 is 2.30 bits per heavy atom. The first-order chi connectivity index (χ1) is 4.74. The van der Waals surface area contributed by atoms with Crippen molar-refractivity contribution in [1.82, 2.24) is 4.98 Å². The molecule has 0 bridgehead atoms. The summed E-state index contributed by atoms with van der Waals surface area (Å²) in [7, 11) is 0. The van der Waals surface area contributed by atoms with E-state index >= 15 is 0 Å². The number of hydrogen-bond acceptors (Lipinski definition) is 1. The summed E-state index contributed by atoms with van der Waals surface area (Å²) in [5, 5.41) is 0. The van der Waals surface area contributed by atoms with Crippen LogP contribution in [-0.2, 0) is 5.88 Å². The molecule has 54 valence electrons. The van der Waals surface area contributed by atoms with Crippen LogP contribution in [0.2, 0.25) is 0 Å². The average molecular weight is 160 g/mol. The molecule has 0 N–H and O–H groups in total. The highest BCUT2D eigenvalue weighted by Gasteiger charge is 2.00. The van der Waals surface area contributed by atoms with Crippen LogP contribution in [0, 0.1) is 12.9 Å². The fraction of sp³-hybridized carbons (Fsp3) is 0.286. The molecular weight excluding hydrogens is 153 g/mol. The maximum atomic E-state index is 12.7. The van der Waals surface area contributed by atoms with Gasteiger partial charge >= 0.3 is 0 Å². The lowest BCUT2D eigenvalue weighted by Crippen LogP contribution is -1.91. The minimum atomic E-state index is -0.463. The third-order valence-corrected chi connectivity index (χ3v) is 1.50. The zero-order valence-electron chi connectivity index (χ0n) is 5.56. The Kier molecular flexibility index (Phi) is 2.22. The van der Waals surface area contributed by atoms with E-state index in [-0.39, 0.29) is 5.88 Å². The molecule has 0 aliphatic rings. The Labute approximate surface area is 63.8 Å². The number of halogens is 2. The van der Waals surface area contributed by atoms with E-state index in [0.717, 1.165) is 0 Å². The Morgan fingerprint density at radius 3 is 2.80 bits per heavy atom. The summed E-state index contributed by atoms with van der Waals surface area (Å²) in [4.78, 5) is 3.59. The van der Waals surface area contributed by atoms with E-state index in [9.17, 15) is 4.39 Å². The zero-order chi connectivity index (χ0) is 7.56. The predicted octanol–water partition coefficient (Wildman–Crippen LogP) is 2.27. The van der Waals surface area contributed by atoms with Gasteiger partial charge in [0.05, 0.1) is 5.88 Å². The second-order valence-corrected chi connectivity index (χ2v) is 2.30. The normalized spacial score (nSPS) is 9.90. The van der Waals surface area contributed by atoms with Gasteiger partial charge in [0.25, 0.3) is 0 Å². The van der Waals surface area contributed by atoms with E-state index < -0.39 is 5.95 Å². The van der Waals surface area contributed by atoms with Crippen molar-refractivity contribution in [2.75, 3.05) is 0 Å². The lowest BCUT2D eigenvalue weighted by Gasteiger charge is -1.96. The number of aromatic nitrogens is 1. The lowest BCUT2D eigenvalue weighted by molar-refractivity contribution is 0.569. The molecule has 0 saturated heterocycles. The first-order valence-electron chi connectivity index (χ1n) is 2.92. The summed E-state index contributed by atoms with van der Waals surface area (Å²) < 4.78 is 12.7. The predicted molar refractivity (Wildman–Crippen MR) is 38.5 cm³/mol. The van der Waals surface area contributed by atoms with Crippen molar-refractivity contribution < 1.29 is 4.39 Å². The van der Waals surface area contributed by atoms with Crippen molar-refractivity contribution in [3.63, 3.8) is 0 Å². The van der Waals surface area contributed by atoms with Gasteiger partial charge in [0, 0.05) is 11.3 Å². The van der Waals surface area contributed by atoms with Crippen LogP contribution in [-0.4, -0.2) is 4.98 Å². The van der Waals surface area contributed by atoms with Crippen molar-refractivity contribution in [2.45, 2.75) is 12.8 Å². The van der Waals surface area contributed by atoms with Crippen molar-refractivity contribution in [3.05, 3.63) is 29.3 Å². The van der Waals surface area contributed by atoms with E-state index in [1.54, 1.807) is 19.1 Å². The molecule has 1 heterocycles. The molecule has 0 saturated carbocycles. The molecule has 0 amide bonds. The molecule has 0 aliphatic carbocycles. The fourth-order valence-electron chi connectivity index (χ4n) is 0.654. The number of hydrogen-bond donors (Lipinski definition) is 0. The van der Waals surface area contributed by atoms with E-state index in [1.807, 2.05) is 0 Å². The van der Waals surface area contributed by atoms with E-state index in [4.69, 9.17) is 11.6 Å². The van der Waals surface area contributed by atoms with Crippen LogP contribution >= 0.6 is 11.6 Å². The van der Waals surface area contributed by atoms with Gasteiger partial charge in [0.1, 0.15) is 0 Å². The van der Waals surface area contributed by atoms with E-state index in [2.05, 4.69) is 4.98 Å². The van der Waals surface area contributed by atoms with Gasteiger partial charge in [-0.15, -0.1) is 11.6 Å². The third kappa shape index (κ3) is 1.45. The van der Waals surface area contributed by atoms with Gasteiger partial charge in [0.2, 0.25) is 5.95 Å². The van der Waals surface area contributed by atoms with Gasteiger partial charge in [-0.3, -0.25) is 0 Å². The summed E-state index contributed by atoms with van der Waals surface area (Å²) in [5.41, 5.74) is 1.12. The molecule has 3 heteroatoms. The molecule has 0 atom stereocenters. The van der Waals surface area contributed by atoms with Crippen molar-refractivity contribution in [1.29, 1.82) is 0 Å². The third-order valence-electron chi connectivity index (χ3n) is 1.21. The molecule has 0 fully saturated rings. The molecule has 1 aromatic rings. The lowest BCUT2D eigenvalue weighted by atomic mass is 10.3. The van der Waals surface area contributed by atoms with Crippen LogP contribution in [0.1, 0.15) is 11.3 Å². The first kappa shape index (κ1) is 7.48. The first-order valence-corrected chi connectivity index (χ1v) is 3.45. The maximum absolute atomic E-state index is 12.7. The summed E-state index contributed by atoms with van der Waals surface area (Å²) in [6, 6.07) is 3.38. The molecule has 0 aromatic carbocycles. The molecule has 0 aliphatic heterocycles. The van der Waals surface area contributed by atoms with Crippen molar-refractivity contribution >= 4 is 11.6 Å². The smallest absolute Gasteiger partial charge is 0.217 e. The molecule has 1 rings (SSSR count). The van der Waals surface area contributed by atoms with Crippen LogP contribution in [0.15, 0.2) is 12.1 Å². The molecule has 0 radical (unpaired) electrons. The van der Waals surface area contributed by atoms with Crippen molar-refractivity contribution in [2.24, 2.45) is 0 Å². The number of alkyl halides is 1. The van der Waals surface area contributed by atoms with Gasteiger partial charge in [-0.25, -0.2) is 4.98 Å². The van der Waals surface area contributed by atoms with Crippen molar-refractivity contribution in [3.8, 4) is 0 Å². The number of aryl methyl sites for hydroxylation is 1. The van der Waals surface area contributed by atoms with Crippen LogP contribution < -0.4 is 0 Å². The SMILES string of the molecule is Cc1ccc(CCl)c(F)n1. The monoisotopic (exact) mass is 159 g/mol. The molecule has 0 unspecified atom stereocenters. The zero-order valence-corrected chi connectivity index (χ0v) is 6.32. The molecule has 0 spiro atoms. The number of pyridine rings is 1. The average Bonchev–Trinajstić information content (AvgIpc) is 1.88.